The Bertz CT molecular complexity index is 1140. The second-order valence-electron chi connectivity index (χ2n) is 9.18. The molecule has 246 valence electrons. The number of aliphatic carboxylic acids is 6. The molecular formula is C23H33N5O16. The molecule has 5 atom stereocenters. The lowest BCUT2D eigenvalue weighted by Crippen LogP contribution is -2.59. The Hall–Kier alpha value is -5.34. The molecule has 0 fully saturated rings. The number of rotatable bonds is 22. The molecule has 21 heteroatoms. The minimum atomic E-state index is -2.03. The van der Waals surface area contributed by atoms with Gasteiger partial charge in [-0.3, -0.25) is 43.2 Å². The number of amides is 4. The first-order chi connectivity index (χ1) is 20.3. The largest absolute Gasteiger partial charge is 0.481 e. The lowest BCUT2D eigenvalue weighted by atomic mass is 10.1. The SMILES string of the molecule is N[C@@H](CC(=O)O)C(=O)N[C@@H](CCC(=O)O)C(=O)N[C@@H](CC(=O)O)C(=O)N[C@@H](CCC(=O)O)C(=O)N[C@@H](CCC(=O)O)C(=O)O. The summed E-state index contributed by atoms with van der Waals surface area (Å²) >= 11 is 0. The number of carboxylic acids is 6. The molecule has 0 aliphatic carbocycles. The van der Waals surface area contributed by atoms with E-state index in [2.05, 4.69) is 0 Å². The third-order valence-corrected chi connectivity index (χ3v) is 5.56. The van der Waals surface area contributed by atoms with Crippen molar-refractivity contribution in [2.75, 3.05) is 0 Å². The van der Waals surface area contributed by atoms with Crippen molar-refractivity contribution >= 4 is 59.4 Å². The number of carboxylic acid groups (broad SMARTS) is 6. The molecule has 0 bridgehead atoms. The highest BCUT2D eigenvalue weighted by molar-refractivity contribution is 5.97. The summed E-state index contributed by atoms with van der Waals surface area (Å²) in [6.45, 7) is 0. The monoisotopic (exact) mass is 635 g/mol. The Kier molecular flexibility index (Phi) is 16.7. The summed E-state index contributed by atoms with van der Waals surface area (Å²) in [5.74, 6) is -14.3. The van der Waals surface area contributed by atoms with Crippen molar-refractivity contribution in [3.63, 3.8) is 0 Å². The van der Waals surface area contributed by atoms with Crippen molar-refractivity contribution in [2.45, 2.75) is 81.6 Å². The molecule has 0 unspecified atom stereocenters. The van der Waals surface area contributed by atoms with Crippen LogP contribution in [0.15, 0.2) is 0 Å². The van der Waals surface area contributed by atoms with Crippen LogP contribution in [0.4, 0.5) is 0 Å². The van der Waals surface area contributed by atoms with Crippen LogP contribution in [0.2, 0.25) is 0 Å². The van der Waals surface area contributed by atoms with Gasteiger partial charge >= 0.3 is 35.8 Å². The summed E-state index contributed by atoms with van der Waals surface area (Å²) in [5.41, 5.74) is 5.43. The standard InChI is InChI=1S/C23H33N5O16/c24-9(7-17(35)36)19(39)25-10(1-4-14(29)30)21(41)28-13(8-18(37)38)22(42)26-11(2-5-15(31)32)20(40)27-12(23(43)44)3-6-16(33)34/h9-13H,1-8,24H2,(H,25,39)(H,26,42)(H,27,40)(H,28,41)(H,29,30)(H,31,32)(H,33,34)(H,35,36)(H,37,38)(H,43,44)/t9-,10-,11-,12-,13-/m0/s1. The van der Waals surface area contributed by atoms with Gasteiger partial charge in [0.2, 0.25) is 23.6 Å². The van der Waals surface area contributed by atoms with Gasteiger partial charge in [0.25, 0.3) is 0 Å². The molecule has 0 saturated heterocycles. The van der Waals surface area contributed by atoms with Crippen LogP contribution in [0.25, 0.3) is 0 Å². The average molecular weight is 636 g/mol. The maximum absolute atomic E-state index is 13.0. The molecule has 0 spiro atoms. The Morgan fingerprint density at radius 3 is 1.11 bits per heavy atom. The van der Waals surface area contributed by atoms with E-state index < -0.39 is 141 Å². The maximum Gasteiger partial charge on any atom is 0.326 e. The van der Waals surface area contributed by atoms with E-state index >= 15 is 0 Å². The number of nitrogens with one attached hydrogen (secondary N) is 4. The topological polar surface area (TPSA) is 366 Å². The molecular weight excluding hydrogens is 602 g/mol. The highest BCUT2D eigenvalue weighted by Crippen LogP contribution is 2.06. The molecule has 12 N–H and O–H groups in total. The van der Waals surface area contributed by atoms with Gasteiger partial charge in [-0.15, -0.1) is 0 Å². The number of hydrogen-bond acceptors (Lipinski definition) is 11. The normalized spacial score (nSPS) is 13.9. The van der Waals surface area contributed by atoms with Crippen LogP contribution in [-0.4, -0.2) is 120 Å². The predicted octanol–water partition coefficient (Wildman–Crippen LogP) is -4.12. The maximum atomic E-state index is 13.0. The van der Waals surface area contributed by atoms with Gasteiger partial charge in [0.05, 0.1) is 18.9 Å². The second-order valence-corrected chi connectivity index (χ2v) is 9.18. The van der Waals surface area contributed by atoms with E-state index in [1.807, 2.05) is 21.3 Å². The predicted molar refractivity (Wildman–Crippen MR) is 138 cm³/mol. The third kappa shape index (κ3) is 16.2. The molecule has 0 aromatic rings. The zero-order chi connectivity index (χ0) is 34.1. The van der Waals surface area contributed by atoms with E-state index in [-0.39, 0.29) is 0 Å². The average Bonchev–Trinajstić information content (AvgIpc) is 2.88. The number of carbonyl (C=O) groups excluding carboxylic acids is 4. The van der Waals surface area contributed by atoms with Gasteiger partial charge in [0.1, 0.15) is 24.2 Å². The molecule has 44 heavy (non-hydrogen) atoms. The van der Waals surface area contributed by atoms with Crippen LogP contribution in [0, 0.1) is 0 Å². The van der Waals surface area contributed by atoms with Gasteiger partial charge in [-0.25, -0.2) is 4.79 Å². The second kappa shape index (κ2) is 19.0. The first-order valence-corrected chi connectivity index (χ1v) is 12.6. The van der Waals surface area contributed by atoms with Gasteiger partial charge in [-0.1, -0.05) is 0 Å². The smallest absolute Gasteiger partial charge is 0.326 e. The van der Waals surface area contributed by atoms with Gasteiger partial charge in [-0.2, -0.15) is 0 Å². The van der Waals surface area contributed by atoms with Crippen molar-refractivity contribution in [3.05, 3.63) is 0 Å². The fourth-order valence-electron chi connectivity index (χ4n) is 3.36. The van der Waals surface area contributed by atoms with Crippen molar-refractivity contribution < 1.29 is 78.6 Å². The van der Waals surface area contributed by atoms with Gasteiger partial charge in [0.15, 0.2) is 0 Å². The van der Waals surface area contributed by atoms with E-state index in [9.17, 15) is 58.2 Å². The summed E-state index contributed by atoms with van der Waals surface area (Å²) in [5, 5.41) is 61.9. The van der Waals surface area contributed by atoms with Crippen LogP contribution >= 0.6 is 0 Å². The van der Waals surface area contributed by atoms with Crippen molar-refractivity contribution in [3.8, 4) is 0 Å². The summed E-state index contributed by atoms with van der Waals surface area (Å²) < 4.78 is 0. The Morgan fingerprint density at radius 2 is 0.750 bits per heavy atom. The van der Waals surface area contributed by atoms with E-state index in [0.717, 1.165) is 0 Å². The van der Waals surface area contributed by atoms with Gasteiger partial charge < -0.3 is 57.6 Å². The first kappa shape index (κ1) is 38.7. The highest BCUT2D eigenvalue weighted by atomic mass is 16.4. The van der Waals surface area contributed by atoms with Crippen LogP contribution in [0.1, 0.15) is 51.4 Å². The van der Waals surface area contributed by atoms with Gasteiger partial charge in [-0.05, 0) is 19.3 Å². The van der Waals surface area contributed by atoms with Gasteiger partial charge in [0, 0.05) is 19.3 Å². The minimum absolute atomic E-state index is 0.590. The summed E-state index contributed by atoms with van der Waals surface area (Å²) in [4.78, 5) is 117. The molecule has 0 aliphatic heterocycles. The lowest BCUT2D eigenvalue weighted by molar-refractivity contribution is -0.145. The molecule has 4 amide bonds. The molecule has 0 heterocycles. The Balaban J connectivity index is 6.01. The molecule has 0 saturated carbocycles. The Morgan fingerprint density at radius 1 is 0.432 bits per heavy atom. The third-order valence-electron chi connectivity index (χ3n) is 5.56. The summed E-state index contributed by atoms with van der Waals surface area (Å²) in [6.07, 6.45) is -6.08. The molecule has 21 nitrogen and oxygen atoms in total. The molecule has 0 aliphatic rings. The molecule has 0 rings (SSSR count). The zero-order valence-electron chi connectivity index (χ0n) is 22.9. The number of carbonyl (C=O) groups is 10. The molecule has 0 radical (unpaired) electrons. The number of hydrogen-bond donors (Lipinski definition) is 11. The van der Waals surface area contributed by atoms with Crippen molar-refractivity contribution in [1.82, 2.24) is 21.3 Å². The van der Waals surface area contributed by atoms with E-state index in [1.54, 1.807) is 0 Å². The van der Waals surface area contributed by atoms with Crippen LogP contribution in [0.3, 0.4) is 0 Å². The lowest BCUT2D eigenvalue weighted by Gasteiger charge is -2.25. The summed E-state index contributed by atoms with van der Waals surface area (Å²) in [7, 11) is 0. The molecule has 0 aromatic heterocycles. The quantitative estimate of drug-likeness (QED) is 0.0538. The van der Waals surface area contributed by atoms with E-state index in [1.165, 1.54) is 0 Å². The van der Waals surface area contributed by atoms with E-state index in [4.69, 9.17) is 26.2 Å². The fraction of sp³-hybridized carbons (Fsp3) is 0.565. The minimum Gasteiger partial charge on any atom is -0.481 e. The summed E-state index contributed by atoms with van der Waals surface area (Å²) in [6, 6.07) is -9.07. The highest BCUT2D eigenvalue weighted by Gasteiger charge is 2.33. The van der Waals surface area contributed by atoms with Crippen LogP contribution in [-0.2, 0) is 47.9 Å². The molecule has 0 aromatic carbocycles. The zero-order valence-corrected chi connectivity index (χ0v) is 22.9. The van der Waals surface area contributed by atoms with Crippen LogP contribution in [0.5, 0.6) is 0 Å². The number of nitrogens with two attached hydrogens (primary N) is 1. The Labute approximate surface area is 247 Å². The van der Waals surface area contributed by atoms with Crippen LogP contribution < -0.4 is 27.0 Å². The fourth-order valence-corrected chi connectivity index (χ4v) is 3.36. The van der Waals surface area contributed by atoms with Crippen molar-refractivity contribution in [1.29, 1.82) is 0 Å². The van der Waals surface area contributed by atoms with Crippen molar-refractivity contribution in [2.24, 2.45) is 5.73 Å². The first-order valence-electron chi connectivity index (χ1n) is 12.6. The van der Waals surface area contributed by atoms with E-state index in [0.29, 0.717) is 0 Å².